The zero-order valence-corrected chi connectivity index (χ0v) is 12.8. The van der Waals surface area contributed by atoms with Gasteiger partial charge in [-0.2, -0.15) is 0 Å². The van der Waals surface area contributed by atoms with E-state index in [0.29, 0.717) is 22.0 Å². The Labute approximate surface area is 126 Å². The number of carbonyl (C=O) groups excluding carboxylic acids is 1. The van der Waals surface area contributed by atoms with Gasteiger partial charge in [0.2, 0.25) is 0 Å². The van der Waals surface area contributed by atoms with Crippen LogP contribution in [0.3, 0.4) is 0 Å². The molecule has 2 N–H and O–H groups in total. The highest BCUT2D eigenvalue weighted by Gasteiger charge is 2.18. The molecule has 6 nitrogen and oxygen atoms in total. The quantitative estimate of drug-likeness (QED) is 0.516. The lowest BCUT2D eigenvalue weighted by Gasteiger charge is -2.07. The molecule has 0 aliphatic rings. The second-order valence-corrected chi connectivity index (χ2v) is 5.62. The van der Waals surface area contributed by atoms with E-state index in [1.54, 1.807) is 31.2 Å². The van der Waals surface area contributed by atoms with Crippen LogP contribution in [-0.2, 0) is 0 Å². The number of benzene rings is 1. The van der Waals surface area contributed by atoms with Crippen molar-refractivity contribution < 1.29 is 10.0 Å². The highest BCUT2D eigenvalue weighted by molar-refractivity contribution is 7.08. The summed E-state index contributed by atoms with van der Waals surface area (Å²) in [5, 5.41) is 18.8. The van der Waals surface area contributed by atoms with Gasteiger partial charge in [-0.1, -0.05) is 35.6 Å². The minimum atomic E-state index is -0.232. The zero-order chi connectivity index (χ0) is 15.4. The molecule has 0 aliphatic carbocycles. The topological polar surface area (TPSA) is 87.5 Å². The van der Waals surface area contributed by atoms with E-state index in [2.05, 4.69) is 20.1 Å². The molecule has 0 saturated heterocycles. The van der Waals surface area contributed by atoms with Crippen LogP contribution in [0.1, 0.15) is 47.6 Å². The van der Waals surface area contributed by atoms with Gasteiger partial charge in [-0.3, -0.25) is 4.79 Å². The molecule has 0 aliphatic heterocycles. The summed E-state index contributed by atoms with van der Waals surface area (Å²) in [6.45, 7) is 5.62. The number of anilines is 1. The van der Waals surface area contributed by atoms with Crippen LogP contribution >= 0.6 is 11.5 Å². The van der Waals surface area contributed by atoms with Gasteiger partial charge in [-0.25, -0.2) is 0 Å². The lowest BCUT2D eigenvalue weighted by atomic mass is 10.1. The van der Waals surface area contributed by atoms with Crippen molar-refractivity contribution in [1.29, 1.82) is 0 Å². The molecule has 0 saturated carbocycles. The number of nitrogens with zero attached hydrogens (tertiary/aromatic N) is 3. The number of rotatable bonds is 4. The maximum atomic E-state index is 12.3. The number of amides is 1. The molecule has 0 unspecified atom stereocenters. The number of carbonyl (C=O) groups is 1. The Bertz CT molecular complexity index is 679. The van der Waals surface area contributed by atoms with Crippen molar-refractivity contribution in [3.8, 4) is 0 Å². The van der Waals surface area contributed by atoms with Gasteiger partial charge >= 0.3 is 0 Å². The number of hydrogen-bond donors (Lipinski definition) is 2. The average molecular weight is 304 g/mol. The van der Waals surface area contributed by atoms with E-state index < -0.39 is 0 Å². The monoisotopic (exact) mass is 304 g/mol. The van der Waals surface area contributed by atoms with Gasteiger partial charge in [0.15, 0.2) is 0 Å². The van der Waals surface area contributed by atoms with Crippen LogP contribution in [0.5, 0.6) is 0 Å². The van der Waals surface area contributed by atoms with E-state index in [1.807, 2.05) is 13.8 Å². The summed E-state index contributed by atoms with van der Waals surface area (Å²) in [7, 11) is 0. The first-order valence-corrected chi connectivity index (χ1v) is 7.23. The summed E-state index contributed by atoms with van der Waals surface area (Å²) in [5.41, 5.74) is 2.54. The molecule has 0 fully saturated rings. The Morgan fingerprint density at radius 2 is 2.19 bits per heavy atom. The van der Waals surface area contributed by atoms with Gasteiger partial charge in [0.1, 0.15) is 4.88 Å². The maximum absolute atomic E-state index is 12.3. The summed E-state index contributed by atoms with van der Waals surface area (Å²) in [4.78, 5) is 12.8. The van der Waals surface area contributed by atoms with Crippen molar-refractivity contribution in [1.82, 2.24) is 9.59 Å². The first-order valence-electron chi connectivity index (χ1n) is 6.45. The van der Waals surface area contributed by atoms with E-state index in [4.69, 9.17) is 5.21 Å². The SMILES string of the molecule is CC(=NO)c1cccc(NC(=O)c2snnc2C(C)C)c1. The van der Waals surface area contributed by atoms with Gasteiger partial charge in [0.25, 0.3) is 5.91 Å². The van der Waals surface area contributed by atoms with Gasteiger partial charge in [0.05, 0.1) is 11.4 Å². The number of aromatic nitrogens is 2. The van der Waals surface area contributed by atoms with Crippen molar-refractivity contribution in [2.24, 2.45) is 5.16 Å². The van der Waals surface area contributed by atoms with Gasteiger partial charge in [-0.05, 0) is 36.5 Å². The Kier molecular flexibility index (Phi) is 4.64. The van der Waals surface area contributed by atoms with Crippen LogP contribution in [-0.4, -0.2) is 26.4 Å². The molecule has 7 heteroatoms. The second-order valence-electron chi connectivity index (χ2n) is 4.86. The van der Waals surface area contributed by atoms with E-state index in [0.717, 1.165) is 17.1 Å². The van der Waals surface area contributed by atoms with Gasteiger partial charge in [0, 0.05) is 11.3 Å². The molecule has 1 amide bonds. The van der Waals surface area contributed by atoms with E-state index >= 15 is 0 Å². The third-order valence-corrected chi connectivity index (χ3v) is 3.70. The molecule has 21 heavy (non-hydrogen) atoms. The van der Waals surface area contributed by atoms with Crippen molar-refractivity contribution >= 4 is 28.8 Å². The molecule has 1 aromatic carbocycles. The molecule has 110 valence electrons. The molecule has 0 bridgehead atoms. The maximum Gasteiger partial charge on any atom is 0.269 e. The van der Waals surface area contributed by atoms with Crippen LogP contribution in [0.15, 0.2) is 29.4 Å². The van der Waals surface area contributed by atoms with Crippen LogP contribution in [0, 0.1) is 0 Å². The third kappa shape index (κ3) is 3.43. The fraction of sp³-hybridized carbons (Fsp3) is 0.286. The van der Waals surface area contributed by atoms with Crippen LogP contribution in [0.4, 0.5) is 5.69 Å². The van der Waals surface area contributed by atoms with Crippen molar-refractivity contribution in [3.63, 3.8) is 0 Å². The summed E-state index contributed by atoms with van der Waals surface area (Å²) < 4.78 is 3.84. The van der Waals surface area contributed by atoms with Gasteiger partial charge in [-0.15, -0.1) is 5.10 Å². The molecule has 1 heterocycles. The largest absolute Gasteiger partial charge is 0.411 e. The van der Waals surface area contributed by atoms with E-state index in [9.17, 15) is 4.79 Å². The van der Waals surface area contributed by atoms with Crippen LogP contribution in [0.2, 0.25) is 0 Å². The Morgan fingerprint density at radius 3 is 2.86 bits per heavy atom. The van der Waals surface area contributed by atoms with Crippen LogP contribution < -0.4 is 5.32 Å². The van der Waals surface area contributed by atoms with Crippen molar-refractivity contribution in [2.45, 2.75) is 26.7 Å². The molecule has 0 radical (unpaired) electrons. The second kappa shape index (κ2) is 6.45. The summed E-state index contributed by atoms with van der Waals surface area (Å²) in [6.07, 6.45) is 0. The molecule has 0 atom stereocenters. The summed E-state index contributed by atoms with van der Waals surface area (Å²) in [6, 6.07) is 7.11. The Morgan fingerprint density at radius 1 is 1.43 bits per heavy atom. The predicted molar refractivity (Wildman–Crippen MR) is 82.4 cm³/mol. The number of hydrogen-bond acceptors (Lipinski definition) is 6. The highest BCUT2D eigenvalue weighted by atomic mass is 32.1. The van der Waals surface area contributed by atoms with Gasteiger partial charge < -0.3 is 10.5 Å². The van der Waals surface area contributed by atoms with Crippen LogP contribution in [0.25, 0.3) is 0 Å². The normalized spacial score (nSPS) is 11.7. The molecular weight excluding hydrogens is 288 g/mol. The first kappa shape index (κ1) is 15.1. The predicted octanol–water partition coefficient (Wildman–Crippen LogP) is 3.11. The molecular formula is C14H16N4O2S. The number of nitrogens with one attached hydrogen (secondary N) is 1. The molecule has 0 spiro atoms. The number of oxime groups is 1. The Balaban J connectivity index is 2.22. The molecule has 2 aromatic rings. The average Bonchev–Trinajstić information content (AvgIpc) is 2.96. The zero-order valence-electron chi connectivity index (χ0n) is 12.0. The lowest BCUT2D eigenvalue weighted by molar-refractivity contribution is 0.102. The summed E-state index contributed by atoms with van der Waals surface area (Å²) >= 11 is 1.08. The minimum absolute atomic E-state index is 0.139. The first-order chi connectivity index (χ1) is 10.0. The third-order valence-electron chi connectivity index (χ3n) is 2.95. The lowest BCUT2D eigenvalue weighted by Crippen LogP contribution is -2.13. The summed E-state index contributed by atoms with van der Waals surface area (Å²) in [5.74, 6) is -0.0935. The Hall–Kier alpha value is -2.28. The van der Waals surface area contributed by atoms with E-state index in [-0.39, 0.29) is 11.8 Å². The molecule has 2 rings (SSSR count). The fourth-order valence-electron chi connectivity index (χ4n) is 1.80. The smallest absolute Gasteiger partial charge is 0.269 e. The standard InChI is InChI=1S/C14H16N4O2S/c1-8(2)12-13(21-18-16-12)14(19)15-11-6-4-5-10(7-11)9(3)17-20/h4-8,20H,1-3H3,(H,15,19). The van der Waals surface area contributed by atoms with E-state index in [1.165, 1.54) is 0 Å². The highest BCUT2D eigenvalue weighted by Crippen LogP contribution is 2.21. The minimum Gasteiger partial charge on any atom is -0.411 e. The van der Waals surface area contributed by atoms with Crippen molar-refractivity contribution in [2.75, 3.05) is 5.32 Å². The fourth-order valence-corrected chi connectivity index (χ4v) is 2.51. The van der Waals surface area contributed by atoms with Crippen molar-refractivity contribution in [3.05, 3.63) is 40.4 Å². The molecule has 1 aromatic heterocycles.